The second-order valence-corrected chi connectivity index (χ2v) is 5.72. The number of rotatable bonds is 2. The van der Waals surface area contributed by atoms with Crippen LogP contribution in [-0.2, 0) is 6.42 Å². The Bertz CT molecular complexity index is 695. The maximum atomic E-state index is 12.2. The maximum absolute atomic E-state index is 12.2. The molecule has 2 aromatic rings. The summed E-state index contributed by atoms with van der Waals surface area (Å²) in [6.45, 7) is 3.84. The molecule has 1 aliphatic rings. The van der Waals surface area contributed by atoms with E-state index in [1.165, 1.54) is 0 Å². The van der Waals surface area contributed by atoms with Crippen LogP contribution in [0.5, 0.6) is 0 Å². The van der Waals surface area contributed by atoms with Crippen molar-refractivity contribution in [1.29, 1.82) is 0 Å². The molecule has 2 unspecified atom stereocenters. The Morgan fingerprint density at radius 2 is 2.05 bits per heavy atom. The number of pyridine rings is 1. The Labute approximate surface area is 129 Å². The zero-order chi connectivity index (χ0) is 15.7. The smallest absolute Gasteiger partial charge is 0.320 e. The van der Waals surface area contributed by atoms with Crippen molar-refractivity contribution in [3.63, 3.8) is 0 Å². The van der Waals surface area contributed by atoms with Gasteiger partial charge >= 0.3 is 6.03 Å². The zero-order valence-corrected chi connectivity index (χ0v) is 12.6. The first kappa shape index (κ1) is 14.5. The molecule has 114 valence electrons. The van der Waals surface area contributed by atoms with E-state index in [9.17, 15) is 9.90 Å². The second kappa shape index (κ2) is 5.77. The third kappa shape index (κ3) is 2.94. The number of hydrogen-bond acceptors (Lipinski definition) is 3. The first-order chi connectivity index (χ1) is 10.5. The van der Waals surface area contributed by atoms with Gasteiger partial charge in [0, 0.05) is 12.1 Å². The molecule has 2 atom stereocenters. The topological polar surface area (TPSA) is 74.2 Å². The molecule has 0 aliphatic heterocycles. The number of aryl methyl sites for hydroxylation is 2. The van der Waals surface area contributed by atoms with E-state index in [-0.39, 0.29) is 12.1 Å². The standard InChI is InChI=1S/C17H19N3O2/c1-10-7-11(2)18-15(8-10)19-17(22)20-16-13-6-4-3-5-12(13)9-14(16)21/h3-8,14,16,21H,9H2,1-2H3,(H2,18,19,20,22). The molecule has 1 heterocycles. The van der Waals surface area contributed by atoms with E-state index < -0.39 is 6.10 Å². The molecular weight excluding hydrogens is 278 g/mol. The van der Waals surface area contributed by atoms with E-state index in [4.69, 9.17) is 0 Å². The highest BCUT2D eigenvalue weighted by Gasteiger charge is 2.31. The lowest BCUT2D eigenvalue weighted by Crippen LogP contribution is -2.37. The number of aliphatic hydroxyl groups excluding tert-OH is 1. The van der Waals surface area contributed by atoms with Gasteiger partial charge < -0.3 is 10.4 Å². The van der Waals surface area contributed by atoms with Gasteiger partial charge in [0.2, 0.25) is 0 Å². The minimum Gasteiger partial charge on any atom is -0.390 e. The molecule has 0 bridgehead atoms. The van der Waals surface area contributed by atoms with E-state index in [1.807, 2.05) is 50.2 Å². The first-order valence-electron chi connectivity index (χ1n) is 7.31. The van der Waals surface area contributed by atoms with E-state index in [0.717, 1.165) is 22.4 Å². The summed E-state index contributed by atoms with van der Waals surface area (Å²) in [6.07, 6.45) is -0.0431. The van der Waals surface area contributed by atoms with E-state index in [1.54, 1.807) is 0 Å². The monoisotopic (exact) mass is 297 g/mol. The van der Waals surface area contributed by atoms with Crippen LogP contribution in [0.15, 0.2) is 36.4 Å². The quantitative estimate of drug-likeness (QED) is 0.797. The molecule has 3 rings (SSSR count). The number of anilines is 1. The summed E-state index contributed by atoms with van der Waals surface area (Å²) >= 11 is 0. The van der Waals surface area contributed by atoms with Crippen molar-refractivity contribution >= 4 is 11.8 Å². The van der Waals surface area contributed by atoms with Crippen molar-refractivity contribution in [1.82, 2.24) is 10.3 Å². The minimum absolute atomic E-state index is 0.363. The number of nitrogens with one attached hydrogen (secondary N) is 2. The predicted octanol–water partition coefficient (Wildman–Crippen LogP) is 2.48. The van der Waals surface area contributed by atoms with Gasteiger partial charge in [-0.3, -0.25) is 5.32 Å². The molecule has 0 fully saturated rings. The van der Waals surface area contributed by atoms with Crippen molar-refractivity contribution in [2.75, 3.05) is 5.32 Å². The Balaban J connectivity index is 1.72. The van der Waals surface area contributed by atoms with Crippen LogP contribution in [0.3, 0.4) is 0 Å². The van der Waals surface area contributed by atoms with Crippen molar-refractivity contribution in [2.24, 2.45) is 0 Å². The number of benzene rings is 1. The van der Waals surface area contributed by atoms with Crippen molar-refractivity contribution in [3.8, 4) is 0 Å². The Morgan fingerprint density at radius 3 is 2.82 bits per heavy atom. The highest BCUT2D eigenvalue weighted by molar-refractivity contribution is 5.88. The summed E-state index contributed by atoms with van der Waals surface area (Å²) in [4.78, 5) is 16.5. The van der Waals surface area contributed by atoms with Crippen LogP contribution in [-0.4, -0.2) is 22.2 Å². The fourth-order valence-electron chi connectivity index (χ4n) is 2.95. The number of carbonyl (C=O) groups is 1. The highest BCUT2D eigenvalue weighted by Crippen LogP contribution is 2.31. The molecule has 5 nitrogen and oxygen atoms in total. The fourth-order valence-corrected chi connectivity index (χ4v) is 2.95. The van der Waals surface area contributed by atoms with Crippen LogP contribution < -0.4 is 10.6 Å². The molecule has 0 radical (unpaired) electrons. The molecule has 1 aromatic heterocycles. The van der Waals surface area contributed by atoms with Gasteiger partial charge in [0.1, 0.15) is 5.82 Å². The lowest BCUT2D eigenvalue weighted by Gasteiger charge is -2.18. The Morgan fingerprint density at radius 1 is 1.27 bits per heavy atom. The second-order valence-electron chi connectivity index (χ2n) is 5.72. The van der Waals surface area contributed by atoms with Crippen LogP contribution in [0.1, 0.15) is 28.4 Å². The Hall–Kier alpha value is -2.40. The summed E-state index contributed by atoms with van der Waals surface area (Å²) in [5, 5.41) is 15.7. The fraction of sp³-hybridized carbons (Fsp3) is 0.294. The molecule has 2 amide bonds. The summed E-state index contributed by atoms with van der Waals surface area (Å²) in [5.41, 5.74) is 3.93. The van der Waals surface area contributed by atoms with Gasteiger partial charge in [0.05, 0.1) is 12.1 Å². The molecule has 0 saturated heterocycles. The van der Waals surface area contributed by atoms with Gasteiger partial charge in [-0.15, -0.1) is 0 Å². The normalized spacial score (nSPS) is 19.6. The average Bonchev–Trinajstić information content (AvgIpc) is 2.74. The lowest BCUT2D eigenvalue weighted by atomic mass is 10.1. The molecule has 22 heavy (non-hydrogen) atoms. The van der Waals surface area contributed by atoms with E-state index in [2.05, 4.69) is 15.6 Å². The SMILES string of the molecule is Cc1cc(C)nc(NC(=O)NC2c3ccccc3CC2O)c1. The number of aliphatic hydroxyl groups is 1. The molecule has 0 saturated carbocycles. The van der Waals surface area contributed by atoms with Crippen LogP contribution in [0, 0.1) is 13.8 Å². The predicted molar refractivity (Wildman–Crippen MR) is 84.8 cm³/mol. The number of fused-ring (bicyclic) bond motifs is 1. The molecule has 1 aromatic carbocycles. The molecule has 1 aliphatic carbocycles. The summed E-state index contributed by atoms with van der Waals surface area (Å²) in [6, 6.07) is 10.8. The summed E-state index contributed by atoms with van der Waals surface area (Å²) in [5.74, 6) is 0.510. The van der Waals surface area contributed by atoms with Crippen molar-refractivity contribution in [3.05, 3.63) is 58.8 Å². The first-order valence-corrected chi connectivity index (χ1v) is 7.31. The van der Waals surface area contributed by atoms with Crippen LogP contribution in [0.4, 0.5) is 10.6 Å². The van der Waals surface area contributed by atoms with Gasteiger partial charge in [-0.05, 0) is 42.7 Å². The van der Waals surface area contributed by atoms with Crippen molar-refractivity contribution < 1.29 is 9.90 Å². The number of hydrogen-bond donors (Lipinski definition) is 3. The number of aromatic nitrogens is 1. The average molecular weight is 297 g/mol. The van der Waals surface area contributed by atoms with Gasteiger partial charge in [-0.25, -0.2) is 9.78 Å². The van der Waals surface area contributed by atoms with E-state index >= 15 is 0 Å². The largest absolute Gasteiger partial charge is 0.390 e. The van der Waals surface area contributed by atoms with E-state index in [0.29, 0.717) is 12.2 Å². The lowest BCUT2D eigenvalue weighted by molar-refractivity contribution is 0.144. The summed E-state index contributed by atoms with van der Waals surface area (Å²) in [7, 11) is 0. The van der Waals surface area contributed by atoms with Gasteiger partial charge in [0.15, 0.2) is 0 Å². The minimum atomic E-state index is -0.602. The van der Waals surface area contributed by atoms with Gasteiger partial charge in [0.25, 0.3) is 0 Å². The summed E-state index contributed by atoms with van der Waals surface area (Å²) < 4.78 is 0. The van der Waals surface area contributed by atoms with Crippen LogP contribution in [0.2, 0.25) is 0 Å². The van der Waals surface area contributed by atoms with Crippen LogP contribution >= 0.6 is 0 Å². The Kier molecular flexibility index (Phi) is 3.81. The number of nitrogens with zero attached hydrogens (tertiary/aromatic N) is 1. The third-order valence-electron chi connectivity index (χ3n) is 3.83. The third-order valence-corrected chi connectivity index (χ3v) is 3.83. The zero-order valence-electron chi connectivity index (χ0n) is 12.6. The van der Waals surface area contributed by atoms with Crippen LogP contribution in [0.25, 0.3) is 0 Å². The molecule has 3 N–H and O–H groups in total. The van der Waals surface area contributed by atoms with Crippen molar-refractivity contribution in [2.45, 2.75) is 32.4 Å². The highest BCUT2D eigenvalue weighted by atomic mass is 16.3. The van der Waals surface area contributed by atoms with Gasteiger partial charge in [-0.2, -0.15) is 0 Å². The number of urea groups is 1. The molecular formula is C17H19N3O2. The molecule has 0 spiro atoms. The number of amides is 2. The maximum Gasteiger partial charge on any atom is 0.320 e. The molecule has 5 heteroatoms. The van der Waals surface area contributed by atoms with Gasteiger partial charge in [-0.1, -0.05) is 24.3 Å². The number of carbonyl (C=O) groups excluding carboxylic acids is 1.